The second kappa shape index (κ2) is 17.7. The number of esters is 1. The van der Waals surface area contributed by atoms with Crippen LogP contribution in [0.15, 0.2) is 34.8 Å². The van der Waals surface area contributed by atoms with Crippen molar-refractivity contribution >= 4 is 47.1 Å². The molecule has 4 fully saturated rings. The number of piperidine rings is 1. The van der Waals surface area contributed by atoms with Crippen LogP contribution in [0.4, 0.5) is 8.78 Å². The topological polar surface area (TPSA) is 207 Å². The number of halogens is 2. The molecule has 1 aromatic rings. The Kier molecular flexibility index (Phi) is 12.9. The van der Waals surface area contributed by atoms with Crippen molar-refractivity contribution in [3.05, 3.63) is 47.0 Å². The number of aliphatic hydroxyl groups excluding tert-OH is 1. The molecule has 18 heteroatoms. The van der Waals surface area contributed by atoms with E-state index in [0.29, 0.717) is 37.6 Å². The number of rotatable bonds is 7. The number of nitrogens with zero attached hydrogens (tertiary/aromatic N) is 4. The van der Waals surface area contributed by atoms with Gasteiger partial charge in [-0.1, -0.05) is 12.5 Å². The summed E-state index contributed by atoms with van der Waals surface area (Å²) in [6.45, 7) is 6.96. The number of cyclic esters (lactones) is 1. The number of nitrogens with one attached hydrogen (secondary N) is 3. The number of amides is 6. The van der Waals surface area contributed by atoms with Gasteiger partial charge >= 0.3 is 5.97 Å². The lowest BCUT2D eigenvalue weighted by molar-refractivity contribution is -0.163. The highest BCUT2D eigenvalue weighted by Crippen LogP contribution is 2.29. The van der Waals surface area contributed by atoms with Gasteiger partial charge in [0.1, 0.15) is 54.0 Å². The molecular weight excluding hydrogens is 760 g/mol. The van der Waals surface area contributed by atoms with Gasteiger partial charge in [-0.15, -0.1) is 0 Å². The number of hydrogen-bond donors (Lipinski definition) is 4. The molecular formula is C40H51F2N7O9. The summed E-state index contributed by atoms with van der Waals surface area (Å²) in [5.74, 6) is -7.11. The van der Waals surface area contributed by atoms with E-state index in [4.69, 9.17) is 4.74 Å². The van der Waals surface area contributed by atoms with Crippen molar-refractivity contribution in [3.8, 4) is 0 Å². The van der Waals surface area contributed by atoms with Gasteiger partial charge in [-0.25, -0.2) is 13.6 Å². The monoisotopic (exact) mass is 811 g/mol. The summed E-state index contributed by atoms with van der Waals surface area (Å²) in [7, 11) is 0. The molecule has 0 aromatic heterocycles. The maximum Gasteiger partial charge on any atom is 0.329 e. The summed E-state index contributed by atoms with van der Waals surface area (Å²) in [5, 5.41) is 18.8. The van der Waals surface area contributed by atoms with Crippen LogP contribution in [0, 0.1) is 17.6 Å². The molecule has 6 rings (SSSR count). The molecule has 5 aliphatic rings. The molecule has 6 amide bonds. The van der Waals surface area contributed by atoms with Crippen molar-refractivity contribution in [2.45, 2.75) is 121 Å². The fraction of sp³-hybridized carbons (Fsp3) is 0.600. The zero-order valence-electron chi connectivity index (χ0n) is 33.0. The van der Waals surface area contributed by atoms with Crippen molar-refractivity contribution in [2.24, 2.45) is 10.9 Å². The molecule has 0 unspecified atom stereocenters. The lowest BCUT2D eigenvalue weighted by Crippen LogP contribution is -2.63. The fourth-order valence-corrected chi connectivity index (χ4v) is 8.52. The summed E-state index contributed by atoms with van der Waals surface area (Å²) in [5.41, 5.74) is 1.39. The van der Waals surface area contributed by atoms with Crippen LogP contribution in [0.25, 0.3) is 0 Å². The quantitative estimate of drug-likeness (QED) is 0.279. The predicted molar refractivity (Wildman–Crippen MR) is 203 cm³/mol. The van der Waals surface area contributed by atoms with Crippen LogP contribution in [0.5, 0.6) is 0 Å². The van der Waals surface area contributed by atoms with Crippen molar-refractivity contribution in [2.75, 3.05) is 26.2 Å². The fourth-order valence-electron chi connectivity index (χ4n) is 8.52. The molecule has 5 aliphatic heterocycles. The van der Waals surface area contributed by atoms with E-state index < -0.39 is 108 Å². The second-order valence-electron chi connectivity index (χ2n) is 16.2. The van der Waals surface area contributed by atoms with Crippen LogP contribution in [0.3, 0.4) is 0 Å². The minimum absolute atomic E-state index is 0.0125. The molecule has 1 aromatic carbocycles. The van der Waals surface area contributed by atoms with E-state index >= 15 is 0 Å². The first-order valence-electron chi connectivity index (χ1n) is 19.8. The molecule has 4 N–H and O–H groups in total. The van der Waals surface area contributed by atoms with E-state index in [-0.39, 0.29) is 50.4 Å². The standard InChI is InChI=1S/C40H51F2N7O9/c1-20-9-27(43-17-20)15-33(51)45-29(13-24-11-25(41)14-26(42)12-24)35(52)46-34-23(4)58-40(57)32-10-21(2)18-48(32)37(54)22(3)44-36(53)30-7-5-6-8-47(30)38(55)31-16-28(50)19-49(31)39(34)56/h9,11-12,14,21-23,28-32,34,50H,5-8,10,13,15-19H2,1-4H3,(H,44,53)(H,45,51)(H,46,52)/t21-,22+,23+,28-,29+,30+,31+,32+,34+/m1/s1. The molecule has 0 radical (unpaired) electrons. The molecule has 5 heterocycles. The molecule has 4 saturated heterocycles. The molecule has 58 heavy (non-hydrogen) atoms. The highest BCUT2D eigenvalue weighted by atomic mass is 19.1. The number of aliphatic imine (C=N–C) groups is 1. The summed E-state index contributed by atoms with van der Waals surface area (Å²) >= 11 is 0. The van der Waals surface area contributed by atoms with Gasteiger partial charge in [0, 0.05) is 44.3 Å². The van der Waals surface area contributed by atoms with Crippen molar-refractivity contribution in [3.63, 3.8) is 0 Å². The van der Waals surface area contributed by atoms with E-state index in [1.54, 1.807) is 6.08 Å². The Balaban J connectivity index is 1.35. The highest BCUT2D eigenvalue weighted by molar-refractivity contribution is 6.09. The van der Waals surface area contributed by atoms with Gasteiger partial charge in [-0.05, 0) is 76.1 Å². The molecule has 0 spiro atoms. The number of carbonyl (C=O) groups excluding carboxylic acids is 7. The van der Waals surface area contributed by atoms with Gasteiger partial charge in [0.2, 0.25) is 35.4 Å². The van der Waals surface area contributed by atoms with Crippen molar-refractivity contribution < 1.29 is 52.2 Å². The molecule has 16 nitrogen and oxygen atoms in total. The van der Waals surface area contributed by atoms with Gasteiger partial charge in [0.05, 0.1) is 19.1 Å². The SMILES string of the molecule is CC1=CC(CC(=O)N[C@@H](Cc2cc(F)cc(F)c2)C(=O)N[C@@H]2C(=O)N3C[C@H](O)C[C@H]3C(=O)N3CCCC[C@H]3C(=O)N[C@@H](C)C(=O)N3C[C@H](C)C[C@H]3C(=O)O[C@H]2C)=NC1. The molecule has 0 aliphatic carbocycles. The van der Waals surface area contributed by atoms with Crippen LogP contribution in [0.2, 0.25) is 0 Å². The molecule has 314 valence electrons. The zero-order chi connectivity index (χ0) is 42.0. The Bertz CT molecular complexity index is 1890. The third kappa shape index (κ3) is 9.54. The van der Waals surface area contributed by atoms with Crippen LogP contribution in [-0.2, 0) is 44.7 Å². The molecule has 0 saturated carbocycles. The number of aliphatic hydroxyl groups is 1. The number of hydrogen-bond acceptors (Lipinski definition) is 10. The van der Waals surface area contributed by atoms with Gasteiger partial charge in [-0.3, -0.25) is 33.8 Å². The average Bonchev–Trinajstić information content (AvgIpc) is 3.88. The third-order valence-electron chi connectivity index (χ3n) is 11.4. The van der Waals surface area contributed by atoms with Crippen LogP contribution in [-0.4, -0.2) is 142 Å². The number of fused-ring (bicyclic) bond motifs is 3. The zero-order valence-corrected chi connectivity index (χ0v) is 33.0. The Morgan fingerprint density at radius 2 is 1.64 bits per heavy atom. The first-order chi connectivity index (χ1) is 27.5. The normalized spacial score (nSPS) is 30.1. The highest BCUT2D eigenvalue weighted by Gasteiger charge is 2.49. The van der Waals surface area contributed by atoms with Gasteiger partial charge in [-0.2, -0.15) is 0 Å². The summed E-state index contributed by atoms with van der Waals surface area (Å²) < 4.78 is 34.5. The Morgan fingerprint density at radius 1 is 0.931 bits per heavy atom. The van der Waals surface area contributed by atoms with E-state index in [2.05, 4.69) is 20.9 Å². The average molecular weight is 812 g/mol. The smallest absolute Gasteiger partial charge is 0.329 e. The van der Waals surface area contributed by atoms with Gasteiger partial charge in [0.15, 0.2) is 0 Å². The largest absolute Gasteiger partial charge is 0.458 e. The summed E-state index contributed by atoms with van der Waals surface area (Å²) in [6.07, 6.45) is -0.00367. The van der Waals surface area contributed by atoms with E-state index in [1.807, 2.05) is 13.8 Å². The summed E-state index contributed by atoms with van der Waals surface area (Å²) in [6, 6.07) is -4.99. The number of allylic oxidation sites excluding steroid dienone is 1. The first kappa shape index (κ1) is 42.3. The minimum atomic E-state index is -1.72. The minimum Gasteiger partial charge on any atom is -0.458 e. The second-order valence-corrected chi connectivity index (χ2v) is 16.2. The van der Waals surface area contributed by atoms with Gasteiger partial charge < -0.3 is 40.5 Å². The lowest BCUT2D eigenvalue weighted by Gasteiger charge is -2.39. The molecule has 9 atom stereocenters. The van der Waals surface area contributed by atoms with Crippen LogP contribution in [0.1, 0.15) is 71.8 Å². The Morgan fingerprint density at radius 3 is 2.33 bits per heavy atom. The van der Waals surface area contributed by atoms with Crippen LogP contribution >= 0.6 is 0 Å². The van der Waals surface area contributed by atoms with Gasteiger partial charge in [0.25, 0.3) is 0 Å². The predicted octanol–water partition coefficient (Wildman–Crippen LogP) is 0.298. The third-order valence-corrected chi connectivity index (χ3v) is 11.4. The van der Waals surface area contributed by atoms with Crippen molar-refractivity contribution in [1.82, 2.24) is 30.7 Å². The van der Waals surface area contributed by atoms with E-state index in [1.165, 1.54) is 23.6 Å². The number of ether oxygens (including phenoxy) is 1. The maximum absolute atomic E-state index is 14.7. The first-order valence-corrected chi connectivity index (χ1v) is 19.8. The molecule has 0 bridgehead atoms. The lowest BCUT2D eigenvalue weighted by atomic mass is 9.98. The number of benzene rings is 1. The van der Waals surface area contributed by atoms with Crippen molar-refractivity contribution in [1.29, 1.82) is 0 Å². The number of carbonyl (C=O) groups is 7. The van der Waals surface area contributed by atoms with E-state index in [0.717, 1.165) is 22.6 Å². The Hall–Kier alpha value is -5.26. The van der Waals surface area contributed by atoms with Crippen LogP contribution < -0.4 is 16.0 Å². The Labute approximate surface area is 334 Å². The van der Waals surface area contributed by atoms with E-state index in [9.17, 15) is 47.4 Å². The summed E-state index contributed by atoms with van der Waals surface area (Å²) in [4.78, 5) is 106. The maximum atomic E-state index is 14.7.